The molecule has 0 bridgehead atoms. The van der Waals surface area contributed by atoms with Gasteiger partial charge in [-0.05, 0) is 91.1 Å². The molecule has 0 unspecified atom stereocenters. The van der Waals surface area contributed by atoms with Crippen molar-refractivity contribution in [2.75, 3.05) is 14.2 Å². The van der Waals surface area contributed by atoms with E-state index >= 15 is 0 Å². The number of aromatic nitrogens is 1. The first-order valence-corrected chi connectivity index (χ1v) is 17.3. The lowest BCUT2D eigenvalue weighted by molar-refractivity contribution is -0.275. The summed E-state index contributed by atoms with van der Waals surface area (Å²) >= 11 is 0. The van der Waals surface area contributed by atoms with Crippen molar-refractivity contribution >= 4 is 15.9 Å². The standard InChI is InChI=1S/C36H39F3N2O7S/c1-23-31(46-2)19-28(20-32(23)47-3)35(43)29(18-25-16-26-8-4-5-9-27(26)17-25)22-41-15-14-24(21-41)12-13-34(42)40-49(44,45)33-11-7-6-10-30(33)48-36(37,38)39/h4-11,14-15,19-21,25,29,35,43H,12-13,16-18,22H2,1-3H3,(H,40,42)/t29-,35+/m0/s1. The van der Waals surface area contributed by atoms with Crippen LogP contribution in [0, 0.1) is 18.8 Å². The lowest BCUT2D eigenvalue weighted by Crippen LogP contribution is -2.31. The van der Waals surface area contributed by atoms with Crippen LogP contribution in [0.15, 0.2) is 84.0 Å². The Morgan fingerprint density at radius 3 is 2.20 bits per heavy atom. The molecule has 0 spiro atoms. The number of nitrogens with zero attached hydrogens (tertiary/aromatic N) is 1. The van der Waals surface area contributed by atoms with Crippen LogP contribution in [0.2, 0.25) is 0 Å². The largest absolute Gasteiger partial charge is 0.573 e. The highest BCUT2D eigenvalue weighted by Crippen LogP contribution is 2.39. The Balaban J connectivity index is 1.28. The molecule has 1 aromatic heterocycles. The highest BCUT2D eigenvalue weighted by Gasteiger charge is 2.34. The average Bonchev–Trinajstić information content (AvgIpc) is 3.68. The molecule has 1 heterocycles. The normalized spacial score (nSPS) is 14.6. The first kappa shape index (κ1) is 35.8. The fraction of sp³-hybridized carbons (Fsp3) is 0.361. The van der Waals surface area contributed by atoms with Gasteiger partial charge in [-0.1, -0.05) is 36.4 Å². The summed E-state index contributed by atoms with van der Waals surface area (Å²) in [7, 11) is -1.49. The maximum Gasteiger partial charge on any atom is 0.573 e. The van der Waals surface area contributed by atoms with Crippen LogP contribution in [0.1, 0.15) is 46.8 Å². The van der Waals surface area contributed by atoms with Crippen molar-refractivity contribution in [1.82, 2.24) is 9.29 Å². The van der Waals surface area contributed by atoms with Crippen LogP contribution < -0.4 is 18.9 Å². The Morgan fingerprint density at radius 2 is 1.59 bits per heavy atom. The second-order valence-corrected chi connectivity index (χ2v) is 13.9. The summed E-state index contributed by atoms with van der Waals surface area (Å²) in [6.45, 7) is 2.35. The Labute approximate surface area is 283 Å². The number of alkyl halides is 3. The molecule has 49 heavy (non-hydrogen) atoms. The monoisotopic (exact) mass is 700 g/mol. The number of carbonyl (C=O) groups is 1. The minimum absolute atomic E-state index is 0.173. The van der Waals surface area contributed by atoms with Crippen molar-refractivity contribution in [3.8, 4) is 17.2 Å². The predicted octanol–water partition coefficient (Wildman–Crippen LogP) is 6.30. The van der Waals surface area contributed by atoms with E-state index in [4.69, 9.17) is 9.47 Å². The van der Waals surface area contributed by atoms with E-state index in [1.54, 1.807) is 20.3 Å². The molecular weight excluding hydrogens is 661 g/mol. The number of rotatable bonds is 14. The van der Waals surface area contributed by atoms with Crippen LogP contribution in [0.3, 0.4) is 0 Å². The maximum absolute atomic E-state index is 12.8. The molecule has 1 aliphatic rings. The van der Waals surface area contributed by atoms with Gasteiger partial charge in [0, 0.05) is 36.8 Å². The molecule has 0 saturated carbocycles. The molecular formula is C36H39F3N2O7S. The van der Waals surface area contributed by atoms with Crippen molar-refractivity contribution in [2.24, 2.45) is 11.8 Å². The number of aliphatic hydroxyl groups excluding tert-OH is 1. The fourth-order valence-corrected chi connectivity index (χ4v) is 7.66. The van der Waals surface area contributed by atoms with Gasteiger partial charge in [0.2, 0.25) is 5.91 Å². The molecule has 1 aliphatic carbocycles. The number of aryl methyl sites for hydroxylation is 1. The molecule has 0 saturated heterocycles. The van der Waals surface area contributed by atoms with Gasteiger partial charge in [0.05, 0.1) is 20.3 Å². The Kier molecular flexibility index (Phi) is 10.9. The third kappa shape index (κ3) is 8.95. The summed E-state index contributed by atoms with van der Waals surface area (Å²) in [4.78, 5) is 11.8. The number of methoxy groups -OCH3 is 2. The number of hydrogen-bond donors (Lipinski definition) is 2. The second-order valence-electron chi connectivity index (χ2n) is 12.3. The summed E-state index contributed by atoms with van der Waals surface area (Å²) in [5.41, 5.74) is 4.88. The zero-order valence-electron chi connectivity index (χ0n) is 27.4. The van der Waals surface area contributed by atoms with Gasteiger partial charge in [-0.15, -0.1) is 13.2 Å². The van der Waals surface area contributed by atoms with Gasteiger partial charge >= 0.3 is 6.36 Å². The number of aliphatic hydroxyl groups is 1. The van der Waals surface area contributed by atoms with Crippen LogP contribution >= 0.6 is 0 Å². The summed E-state index contributed by atoms with van der Waals surface area (Å²) in [6, 6.07) is 18.0. The van der Waals surface area contributed by atoms with E-state index in [1.165, 1.54) is 23.3 Å². The third-order valence-electron chi connectivity index (χ3n) is 8.84. The van der Waals surface area contributed by atoms with Crippen molar-refractivity contribution in [3.05, 3.63) is 107 Å². The number of benzene rings is 3. The van der Waals surface area contributed by atoms with Gasteiger partial charge in [0.25, 0.3) is 10.0 Å². The molecule has 5 rings (SSSR count). The van der Waals surface area contributed by atoms with E-state index < -0.39 is 39.0 Å². The van der Waals surface area contributed by atoms with Crippen LogP contribution in [0.25, 0.3) is 0 Å². The average molecular weight is 701 g/mol. The Hall–Kier alpha value is -4.49. The smallest absolute Gasteiger partial charge is 0.496 e. The molecule has 262 valence electrons. The van der Waals surface area contributed by atoms with Crippen molar-refractivity contribution in [2.45, 2.75) is 62.9 Å². The number of ether oxygens (including phenoxy) is 3. The van der Waals surface area contributed by atoms with E-state index in [9.17, 15) is 31.5 Å². The zero-order valence-corrected chi connectivity index (χ0v) is 28.2. The number of para-hydroxylation sites is 1. The Morgan fingerprint density at radius 1 is 0.980 bits per heavy atom. The zero-order chi connectivity index (χ0) is 35.3. The summed E-state index contributed by atoms with van der Waals surface area (Å²) in [5.74, 6) is -0.470. The quantitative estimate of drug-likeness (QED) is 0.159. The molecule has 2 N–H and O–H groups in total. The summed E-state index contributed by atoms with van der Waals surface area (Å²) in [5, 5.41) is 11.8. The molecule has 4 aromatic rings. The topological polar surface area (TPSA) is 116 Å². The first-order chi connectivity index (χ1) is 23.3. The van der Waals surface area contributed by atoms with Gasteiger partial charge in [-0.3, -0.25) is 4.79 Å². The molecule has 3 aromatic carbocycles. The first-order valence-electron chi connectivity index (χ1n) is 15.8. The lowest BCUT2D eigenvalue weighted by atomic mass is 9.85. The van der Waals surface area contributed by atoms with Crippen LogP contribution in [0.5, 0.6) is 17.2 Å². The van der Waals surface area contributed by atoms with Crippen molar-refractivity contribution in [1.29, 1.82) is 0 Å². The van der Waals surface area contributed by atoms with E-state index in [1.807, 2.05) is 52.9 Å². The lowest BCUT2D eigenvalue weighted by Gasteiger charge is -2.27. The van der Waals surface area contributed by atoms with Crippen molar-refractivity contribution < 1.29 is 45.7 Å². The van der Waals surface area contributed by atoms with E-state index in [0.29, 0.717) is 29.5 Å². The number of nitrogens with one attached hydrogen (secondary N) is 1. The van der Waals surface area contributed by atoms with Crippen LogP contribution in [0.4, 0.5) is 13.2 Å². The number of sulfonamides is 1. The third-order valence-corrected chi connectivity index (χ3v) is 10.3. The number of halogens is 3. The molecule has 13 heteroatoms. The maximum atomic E-state index is 12.8. The van der Waals surface area contributed by atoms with Gasteiger partial charge in [-0.25, -0.2) is 13.1 Å². The highest BCUT2D eigenvalue weighted by molar-refractivity contribution is 7.90. The molecule has 0 fully saturated rings. The number of amides is 1. The predicted molar refractivity (Wildman–Crippen MR) is 176 cm³/mol. The molecule has 0 radical (unpaired) electrons. The fourth-order valence-electron chi connectivity index (χ4n) is 6.52. The SMILES string of the molecule is COc1cc([C@@H](O)[C@@H](CC2Cc3ccccc3C2)Cn2ccc(CCC(=O)NS(=O)(=O)c3ccccc3OC(F)(F)F)c2)cc(OC)c1C. The van der Waals surface area contributed by atoms with Gasteiger partial charge < -0.3 is 23.9 Å². The summed E-state index contributed by atoms with van der Waals surface area (Å²) < 4.78 is 82.6. The van der Waals surface area contributed by atoms with Crippen LogP contribution in [-0.4, -0.2) is 44.6 Å². The van der Waals surface area contributed by atoms with E-state index in [2.05, 4.69) is 16.9 Å². The number of carbonyl (C=O) groups excluding carboxylic acids is 1. The molecule has 0 aliphatic heterocycles. The minimum atomic E-state index is -5.11. The van der Waals surface area contributed by atoms with Gasteiger partial charge in [-0.2, -0.15) is 0 Å². The second kappa shape index (κ2) is 15.0. The van der Waals surface area contributed by atoms with E-state index in [-0.39, 0.29) is 18.8 Å². The van der Waals surface area contributed by atoms with Crippen molar-refractivity contribution in [3.63, 3.8) is 0 Å². The van der Waals surface area contributed by atoms with Gasteiger partial charge in [0.1, 0.15) is 22.1 Å². The van der Waals surface area contributed by atoms with Crippen LogP contribution in [-0.2, 0) is 40.6 Å². The highest BCUT2D eigenvalue weighted by atomic mass is 32.2. The molecule has 1 amide bonds. The molecule has 9 nitrogen and oxygen atoms in total. The Bertz CT molecular complexity index is 1840. The van der Waals surface area contributed by atoms with Gasteiger partial charge in [0.15, 0.2) is 0 Å². The number of fused-ring (bicyclic) bond motifs is 1. The molecule has 2 atom stereocenters. The number of hydrogen-bond acceptors (Lipinski definition) is 7. The summed E-state index contributed by atoms with van der Waals surface area (Å²) in [6.07, 6.45) is 0.234. The minimum Gasteiger partial charge on any atom is -0.496 e. The van der Waals surface area contributed by atoms with E-state index in [0.717, 1.165) is 42.5 Å².